The quantitative estimate of drug-likeness (QED) is 0.485. The molecule has 0 aliphatic carbocycles. The van der Waals surface area contributed by atoms with E-state index in [1.165, 1.54) is 0 Å². The summed E-state index contributed by atoms with van der Waals surface area (Å²) >= 11 is 0. The number of fused-ring (bicyclic) bond motifs is 2. The molecule has 2 saturated heterocycles. The summed E-state index contributed by atoms with van der Waals surface area (Å²) in [6.45, 7) is -1.23. The lowest BCUT2D eigenvalue weighted by atomic mass is 9.99. The second kappa shape index (κ2) is 8.58. The number of carbonyl (C=O) groups excluding carboxylic acids is 1. The first-order valence-electron chi connectivity index (χ1n) is 10.6. The number of rotatable bonds is 5. The molecule has 2 fully saturated rings. The number of nitrogens with zero attached hydrogens (tertiary/aromatic N) is 3. The maximum Gasteiger partial charge on any atom is 0.326 e. The Morgan fingerprint density at radius 1 is 1.08 bits per heavy atom. The van der Waals surface area contributed by atoms with Gasteiger partial charge in [0.15, 0.2) is 11.4 Å². The maximum absolute atomic E-state index is 14.9. The number of carbonyl (C=O) groups is 1. The number of anilines is 1. The van der Waals surface area contributed by atoms with Gasteiger partial charge in [0.05, 0.1) is 10.9 Å². The lowest BCUT2D eigenvalue weighted by Gasteiger charge is -2.37. The summed E-state index contributed by atoms with van der Waals surface area (Å²) in [6.07, 6.45) is -0.406. The van der Waals surface area contributed by atoms with Gasteiger partial charge in [-0.2, -0.15) is 0 Å². The van der Waals surface area contributed by atoms with E-state index in [0.29, 0.717) is 23.1 Å². The minimum atomic E-state index is -4.68. The molecular formula is C21H15F7N4O4S. The zero-order valence-electron chi connectivity index (χ0n) is 18.3. The number of nitrogens with one attached hydrogen (secondary N) is 1. The molecule has 2 aliphatic rings. The number of hydrogen-bond donors (Lipinski definition) is 1. The Morgan fingerprint density at radius 2 is 1.73 bits per heavy atom. The molecule has 16 heteroatoms. The first-order valence-corrected chi connectivity index (χ1v) is 12.2. The summed E-state index contributed by atoms with van der Waals surface area (Å²) in [7, 11) is -4.68. The van der Waals surface area contributed by atoms with Crippen molar-refractivity contribution in [1.82, 2.24) is 14.8 Å². The van der Waals surface area contributed by atoms with Crippen LogP contribution in [0.2, 0.25) is 0 Å². The summed E-state index contributed by atoms with van der Waals surface area (Å²) in [4.78, 5) is 14.7. The van der Waals surface area contributed by atoms with Gasteiger partial charge in [0.1, 0.15) is 35.4 Å². The first-order chi connectivity index (χ1) is 17.3. The van der Waals surface area contributed by atoms with Gasteiger partial charge in [0.25, 0.3) is 5.92 Å². The molecule has 2 aliphatic heterocycles. The molecule has 0 bridgehead atoms. The highest BCUT2D eigenvalue weighted by molar-refractivity contribution is 7.89. The predicted octanol–water partition coefficient (Wildman–Crippen LogP) is 3.92. The van der Waals surface area contributed by atoms with Crippen LogP contribution in [0.4, 0.5) is 41.3 Å². The number of halogens is 7. The van der Waals surface area contributed by atoms with Crippen molar-refractivity contribution in [2.75, 3.05) is 24.0 Å². The Labute approximate surface area is 203 Å². The van der Waals surface area contributed by atoms with Crippen LogP contribution in [0, 0.1) is 23.3 Å². The third kappa shape index (κ3) is 4.07. The van der Waals surface area contributed by atoms with E-state index in [-0.39, 0.29) is 16.8 Å². The van der Waals surface area contributed by atoms with E-state index in [4.69, 9.17) is 4.52 Å². The lowest BCUT2D eigenvalue weighted by molar-refractivity contribution is -0.0449. The van der Waals surface area contributed by atoms with Crippen LogP contribution in [0.1, 0.15) is 6.42 Å². The van der Waals surface area contributed by atoms with Crippen LogP contribution < -0.4 is 9.62 Å². The van der Waals surface area contributed by atoms with Crippen molar-refractivity contribution in [3.8, 4) is 11.1 Å². The SMILES string of the molecule is O=C1N(c2noc3cc(F)cc(-c4c(F)cc(F)cc4F)c23)CC[C@H]2N1C[C@@H](NS(=O)(=O)CF)C2(F)F. The summed E-state index contributed by atoms with van der Waals surface area (Å²) in [5.41, 5.74) is -1.66. The van der Waals surface area contributed by atoms with E-state index < -0.39 is 94.0 Å². The fraction of sp³-hybridized carbons (Fsp3) is 0.333. The standard InChI is InChI=1S/C21H15F7N4O4S/c22-8-37(34,35)30-15-7-32-16(21(15,27)28)1-2-31(20(32)33)19-18-11(3-9(23)6-14(18)36-29-19)17-12(25)4-10(24)5-13(17)26/h3-6,15-16,30H,1-2,7-8H2/t15-,16-/m1/s1. The molecule has 8 nitrogen and oxygen atoms in total. The molecule has 3 heterocycles. The number of alkyl halides is 3. The van der Waals surface area contributed by atoms with Gasteiger partial charge in [-0.25, -0.2) is 48.7 Å². The van der Waals surface area contributed by atoms with Crippen LogP contribution in [-0.2, 0) is 10.0 Å². The number of benzene rings is 2. The highest BCUT2D eigenvalue weighted by Gasteiger charge is 2.61. The first kappa shape index (κ1) is 25.3. The van der Waals surface area contributed by atoms with Crippen molar-refractivity contribution >= 4 is 32.8 Å². The fourth-order valence-corrected chi connectivity index (χ4v) is 5.44. The predicted molar refractivity (Wildman–Crippen MR) is 114 cm³/mol. The highest BCUT2D eigenvalue weighted by atomic mass is 32.2. The van der Waals surface area contributed by atoms with Crippen molar-refractivity contribution in [3.63, 3.8) is 0 Å². The molecule has 198 valence electrons. The Bertz CT molecular complexity index is 1510. The molecule has 1 N–H and O–H groups in total. The summed E-state index contributed by atoms with van der Waals surface area (Å²) in [6, 6.07) is -4.61. The van der Waals surface area contributed by atoms with Gasteiger partial charge >= 0.3 is 6.03 Å². The Hall–Kier alpha value is -3.40. The molecule has 0 radical (unpaired) electrons. The Morgan fingerprint density at radius 3 is 2.38 bits per heavy atom. The Balaban J connectivity index is 1.57. The van der Waals surface area contributed by atoms with Gasteiger partial charge in [-0.3, -0.25) is 4.90 Å². The highest BCUT2D eigenvalue weighted by Crippen LogP contribution is 2.43. The molecule has 37 heavy (non-hydrogen) atoms. The third-order valence-corrected chi connectivity index (χ3v) is 7.22. The Kier molecular flexibility index (Phi) is 5.86. The molecule has 2 atom stereocenters. The van der Waals surface area contributed by atoms with Crippen molar-refractivity contribution in [3.05, 3.63) is 47.5 Å². The van der Waals surface area contributed by atoms with Crippen LogP contribution in [0.25, 0.3) is 22.1 Å². The molecule has 2 amide bonds. The normalized spacial score (nSPS) is 21.6. The van der Waals surface area contributed by atoms with Crippen molar-refractivity contribution < 1.29 is 48.5 Å². The fourth-order valence-electron chi connectivity index (χ4n) is 4.71. The number of amides is 2. The van der Waals surface area contributed by atoms with Crippen LogP contribution in [0.5, 0.6) is 0 Å². The van der Waals surface area contributed by atoms with Crippen molar-refractivity contribution in [2.45, 2.75) is 24.4 Å². The van der Waals surface area contributed by atoms with E-state index in [1.54, 1.807) is 4.72 Å². The van der Waals surface area contributed by atoms with E-state index >= 15 is 0 Å². The van der Waals surface area contributed by atoms with Crippen molar-refractivity contribution in [1.29, 1.82) is 0 Å². The molecule has 3 aromatic rings. The number of hydrogen-bond acceptors (Lipinski definition) is 5. The van der Waals surface area contributed by atoms with Crippen LogP contribution in [0.15, 0.2) is 28.8 Å². The molecule has 0 unspecified atom stereocenters. The minimum Gasteiger partial charge on any atom is -0.354 e. The topological polar surface area (TPSA) is 95.8 Å². The lowest BCUT2D eigenvalue weighted by Crippen LogP contribution is -2.56. The van der Waals surface area contributed by atoms with Crippen molar-refractivity contribution in [2.24, 2.45) is 0 Å². The third-order valence-electron chi connectivity index (χ3n) is 6.29. The number of sulfonamides is 1. The van der Waals surface area contributed by atoms with Gasteiger partial charge < -0.3 is 9.42 Å². The van der Waals surface area contributed by atoms with E-state index in [9.17, 15) is 43.9 Å². The summed E-state index contributed by atoms with van der Waals surface area (Å²) in [5.74, 6) is -9.13. The van der Waals surface area contributed by atoms with Gasteiger partial charge in [0, 0.05) is 36.9 Å². The zero-order chi connectivity index (χ0) is 26.9. The average molecular weight is 552 g/mol. The molecule has 0 saturated carbocycles. The van der Waals surface area contributed by atoms with Crippen LogP contribution in [0.3, 0.4) is 0 Å². The number of urea groups is 1. The van der Waals surface area contributed by atoms with E-state index in [1.807, 2.05) is 0 Å². The smallest absolute Gasteiger partial charge is 0.326 e. The van der Waals surface area contributed by atoms with Crippen LogP contribution in [-0.4, -0.2) is 61.6 Å². The molecule has 2 aromatic carbocycles. The van der Waals surface area contributed by atoms with E-state index in [0.717, 1.165) is 11.0 Å². The maximum atomic E-state index is 14.9. The van der Waals surface area contributed by atoms with Gasteiger partial charge in [-0.15, -0.1) is 0 Å². The largest absolute Gasteiger partial charge is 0.354 e. The van der Waals surface area contributed by atoms with Gasteiger partial charge in [-0.1, -0.05) is 5.16 Å². The second-order valence-electron chi connectivity index (χ2n) is 8.54. The molecule has 0 spiro atoms. The molecule has 1 aromatic heterocycles. The summed E-state index contributed by atoms with van der Waals surface area (Å²) in [5, 5.41) is 3.43. The molecule has 5 rings (SSSR count). The molecular weight excluding hydrogens is 537 g/mol. The van der Waals surface area contributed by atoms with Crippen LogP contribution >= 0.6 is 0 Å². The average Bonchev–Trinajstić information content (AvgIpc) is 3.32. The van der Waals surface area contributed by atoms with Gasteiger partial charge in [-0.05, 0) is 12.5 Å². The summed E-state index contributed by atoms with van der Waals surface area (Å²) < 4.78 is 129. The monoisotopic (exact) mass is 552 g/mol. The number of aromatic nitrogens is 1. The van der Waals surface area contributed by atoms with Gasteiger partial charge in [0.2, 0.25) is 16.0 Å². The second-order valence-corrected chi connectivity index (χ2v) is 10.2. The van der Waals surface area contributed by atoms with E-state index in [2.05, 4.69) is 5.16 Å². The zero-order valence-corrected chi connectivity index (χ0v) is 19.1. The minimum absolute atomic E-state index is 0.252.